The molecule has 0 saturated carbocycles. The van der Waals surface area contributed by atoms with Crippen LogP contribution in [0.25, 0.3) is 0 Å². The van der Waals surface area contributed by atoms with Gasteiger partial charge in [0.05, 0.1) is 6.10 Å². The Hall–Kier alpha value is -0.120. The van der Waals surface area contributed by atoms with Crippen LogP contribution in [-0.4, -0.2) is 42.3 Å². The van der Waals surface area contributed by atoms with Crippen LogP contribution in [-0.2, 0) is 0 Å². The summed E-state index contributed by atoms with van der Waals surface area (Å²) >= 11 is 0. The maximum Gasteiger partial charge on any atom is 0.0592 e. The molecule has 0 spiro atoms. The third kappa shape index (κ3) is 2.44. The lowest BCUT2D eigenvalue weighted by Gasteiger charge is -2.35. The van der Waals surface area contributed by atoms with Crippen molar-refractivity contribution in [1.29, 1.82) is 0 Å². The Morgan fingerprint density at radius 1 is 1.58 bits per heavy atom. The number of rotatable bonds is 3. The summed E-state index contributed by atoms with van der Waals surface area (Å²) in [5.41, 5.74) is 5.48. The number of hydrogen-bond acceptors (Lipinski definition) is 3. The van der Waals surface area contributed by atoms with Crippen LogP contribution in [0.2, 0.25) is 0 Å². The first-order valence-electron chi connectivity index (χ1n) is 4.88. The summed E-state index contributed by atoms with van der Waals surface area (Å²) in [4.78, 5) is 2.35. The summed E-state index contributed by atoms with van der Waals surface area (Å²) < 4.78 is 0. The number of aliphatic hydroxyl groups is 1. The van der Waals surface area contributed by atoms with Gasteiger partial charge in [0.25, 0.3) is 0 Å². The fraction of sp³-hybridized carbons (Fsp3) is 1.00. The van der Waals surface area contributed by atoms with E-state index in [0.29, 0.717) is 5.92 Å². The molecule has 72 valence electrons. The van der Waals surface area contributed by atoms with Crippen molar-refractivity contribution in [2.24, 2.45) is 11.7 Å². The summed E-state index contributed by atoms with van der Waals surface area (Å²) in [7, 11) is 0. The molecule has 0 aromatic heterocycles. The van der Waals surface area contributed by atoms with E-state index in [0.717, 1.165) is 39.0 Å². The van der Waals surface area contributed by atoms with Gasteiger partial charge in [-0.15, -0.1) is 0 Å². The van der Waals surface area contributed by atoms with E-state index in [1.807, 2.05) is 0 Å². The van der Waals surface area contributed by atoms with Gasteiger partial charge in [0.2, 0.25) is 0 Å². The summed E-state index contributed by atoms with van der Waals surface area (Å²) in [5, 5.41) is 9.60. The van der Waals surface area contributed by atoms with E-state index in [1.54, 1.807) is 0 Å². The standard InChI is InChI=1S/C9H20N2O/c1-2-8-7-11(6-4-10)5-3-9(8)12/h8-9,12H,2-7,10H2,1H3/t8-,9+/m0/s1. The zero-order valence-electron chi connectivity index (χ0n) is 7.87. The Bertz CT molecular complexity index is 130. The van der Waals surface area contributed by atoms with E-state index < -0.39 is 0 Å². The maximum atomic E-state index is 9.60. The van der Waals surface area contributed by atoms with Crippen molar-refractivity contribution < 1.29 is 5.11 Å². The largest absolute Gasteiger partial charge is 0.393 e. The summed E-state index contributed by atoms with van der Waals surface area (Å²) in [6.45, 7) is 5.87. The Morgan fingerprint density at radius 2 is 2.33 bits per heavy atom. The fourth-order valence-corrected chi connectivity index (χ4v) is 1.88. The highest BCUT2D eigenvalue weighted by molar-refractivity contribution is 4.78. The molecule has 3 N–H and O–H groups in total. The number of hydrogen-bond donors (Lipinski definition) is 2. The summed E-state index contributed by atoms with van der Waals surface area (Å²) in [5.74, 6) is 0.463. The van der Waals surface area contributed by atoms with Gasteiger partial charge in [0.15, 0.2) is 0 Å². The molecule has 0 aromatic carbocycles. The van der Waals surface area contributed by atoms with Crippen molar-refractivity contribution in [2.75, 3.05) is 26.2 Å². The molecule has 3 nitrogen and oxygen atoms in total. The molecule has 0 bridgehead atoms. The molecular formula is C9H20N2O. The Morgan fingerprint density at radius 3 is 2.92 bits per heavy atom. The van der Waals surface area contributed by atoms with Gasteiger partial charge < -0.3 is 15.7 Å². The minimum Gasteiger partial charge on any atom is -0.393 e. The van der Waals surface area contributed by atoms with Crippen LogP contribution in [0.15, 0.2) is 0 Å². The predicted molar refractivity (Wildman–Crippen MR) is 49.9 cm³/mol. The molecule has 3 heteroatoms. The molecule has 1 fully saturated rings. The highest BCUT2D eigenvalue weighted by Crippen LogP contribution is 2.19. The number of likely N-dealkylation sites (tertiary alicyclic amines) is 1. The Kier molecular flexibility index (Phi) is 3.98. The number of nitrogens with zero attached hydrogens (tertiary/aromatic N) is 1. The minimum atomic E-state index is -0.0796. The first-order chi connectivity index (χ1) is 5.77. The quantitative estimate of drug-likeness (QED) is 0.632. The van der Waals surface area contributed by atoms with E-state index >= 15 is 0 Å². The molecule has 0 unspecified atom stereocenters. The molecule has 1 aliphatic heterocycles. The molecular weight excluding hydrogens is 152 g/mol. The third-order valence-corrected chi connectivity index (χ3v) is 2.75. The van der Waals surface area contributed by atoms with Crippen molar-refractivity contribution in [1.82, 2.24) is 4.90 Å². The van der Waals surface area contributed by atoms with E-state index in [1.165, 1.54) is 0 Å². The van der Waals surface area contributed by atoms with E-state index in [9.17, 15) is 5.11 Å². The Labute approximate surface area is 74.5 Å². The molecule has 0 aliphatic carbocycles. The minimum absolute atomic E-state index is 0.0796. The summed E-state index contributed by atoms with van der Waals surface area (Å²) in [6.07, 6.45) is 1.91. The van der Waals surface area contributed by atoms with Crippen LogP contribution in [0.4, 0.5) is 0 Å². The molecule has 1 heterocycles. The van der Waals surface area contributed by atoms with E-state index in [2.05, 4.69) is 11.8 Å². The van der Waals surface area contributed by atoms with Crippen molar-refractivity contribution in [3.63, 3.8) is 0 Å². The Balaban J connectivity index is 2.33. The second kappa shape index (κ2) is 4.80. The van der Waals surface area contributed by atoms with E-state index in [-0.39, 0.29) is 6.10 Å². The van der Waals surface area contributed by atoms with E-state index in [4.69, 9.17) is 5.73 Å². The van der Waals surface area contributed by atoms with Gasteiger partial charge in [-0.25, -0.2) is 0 Å². The van der Waals surface area contributed by atoms with Crippen molar-refractivity contribution in [3.8, 4) is 0 Å². The zero-order valence-corrected chi connectivity index (χ0v) is 7.87. The topological polar surface area (TPSA) is 49.5 Å². The zero-order chi connectivity index (χ0) is 8.97. The van der Waals surface area contributed by atoms with Crippen LogP contribution in [0.3, 0.4) is 0 Å². The van der Waals surface area contributed by atoms with Crippen LogP contribution < -0.4 is 5.73 Å². The summed E-state index contributed by atoms with van der Waals surface area (Å²) in [6, 6.07) is 0. The van der Waals surface area contributed by atoms with Gasteiger partial charge in [-0.3, -0.25) is 0 Å². The maximum absolute atomic E-state index is 9.60. The SMILES string of the molecule is CC[C@H]1CN(CCN)CC[C@H]1O. The van der Waals surface area contributed by atoms with Crippen molar-refractivity contribution in [3.05, 3.63) is 0 Å². The van der Waals surface area contributed by atoms with Gasteiger partial charge in [0.1, 0.15) is 0 Å². The molecule has 0 amide bonds. The third-order valence-electron chi connectivity index (χ3n) is 2.75. The molecule has 1 aliphatic rings. The smallest absolute Gasteiger partial charge is 0.0592 e. The lowest BCUT2D eigenvalue weighted by molar-refractivity contribution is 0.0264. The molecule has 1 rings (SSSR count). The molecule has 2 atom stereocenters. The highest BCUT2D eigenvalue weighted by atomic mass is 16.3. The van der Waals surface area contributed by atoms with Gasteiger partial charge in [-0.2, -0.15) is 0 Å². The average Bonchev–Trinajstić information content (AvgIpc) is 2.09. The fourth-order valence-electron chi connectivity index (χ4n) is 1.88. The highest BCUT2D eigenvalue weighted by Gasteiger charge is 2.25. The lowest BCUT2D eigenvalue weighted by Crippen LogP contribution is -2.44. The number of nitrogens with two attached hydrogens (primary N) is 1. The molecule has 0 aromatic rings. The average molecular weight is 172 g/mol. The van der Waals surface area contributed by atoms with Crippen molar-refractivity contribution >= 4 is 0 Å². The first kappa shape index (κ1) is 9.96. The second-order valence-corrected chi connectivity index (χ2v) is 3.61. The predicted octanol–water partition coefficient (Wildman–Crippen LogP) is 0.0379. The van der Waals surface area contributed by atoms with Crippen LogP contribution >= 0.6 is 0 Å². The molecule has 12 heavy (non-hydrogen) atoms. The molecule has 0 radical (unpaired) electrons. The van der Waals surface area contributed by atoms with Gasteiger partial charge in [-0.05, 0) is 18.8 Å². The van der Waals surface area contributed by atoms with Gasteiger partial charge >= 0.3 is 0 Å². The lowest BCUT2D eigenvalue weighted by atomic mass is 9.92. The number of aliphatic hydroxyl groups excluding tert-OH is 1. The van der Waals surface area contributed by atoms with Crippen molar-refractivity contribution in [2.45, 2.75) is 25.9 Å². The van der Waals surface area contributed by atoms with Gasteiger partial charge in [-0.1, -0.05) is 6.92 Å². The van der Waals surface area contributed by atoms with Crippen LogP contribution in [0.5, 0.6) is 0 Å². The second-order valence-electron chi connectivity index (χ2n) is 3.61. The monoisotopic (exact) mass is 172 g/mol. The normalized spacial score (nSPS) is 32.2. The van der Waals surface area contributed by atoms with Gasteiger partial charge in [0, 0.05) is 26.2 Å². The van der Waals surface area contributed by atoms with Crippen LogP contribution in [0, 0.1) is 5.92 Å². The number of piperidine rings is 1. The van der Waals surface area contributed by atoms with Crippen LogP contribution in [0.1, 0.15) is 19.8 Å². The molecule has 1 saturated heterocycles. The first-order valence-corrected chi connectivity index (χ1v) is 4.88.